The molecule has 1 aromatic heterocycles. The zero-order valence-corrected chi connectivity index (χ0v) is 15.4. The Kier molecular flexibility index (Phi) is 4.93. The van der Waals surface area contributed by atoms with Crippen molar-refractivity contribution in [2.45, 2.75) is 38.8 Å². The maximum atomic E-state index is 12.4. The van der Waals surface area contributed by atoms with Crippen LogP contribution in [0.2, 0.25) is 0 Å². The van der Waals surface area contributed by atoms with Crippen LogP contribution < -0.4 is 5.32 Å². The van der Waals surface area contributed by atoms with Crippen LogP contribution in [0.1, 0.15) is 29.1 Å². The number of hydrogen-bond donors (Lipinski definition) is 2. The molecule has 0 spiro atoms. The number of amides is 2. The fraction of sp³-hybridized carbons (Fsp3) is 0.500. The lowest BCUT2D eigenvalue weighted by Crippen LogP contribution is -2.55. The van der Waals surface area contributed by atoms with E-state index in [2.05, 4.69) is 44.5 Å². The van der Waals surface area contributed by atoms with E-state index in [0.29, 0.717) is 12.6 Å². The van der Waals surface area contributed by atoms with Gasteiger partial charge in [-0.3, -0.25) is 4.90 Å². The first kappa shape index (κ1) is 17.1. The van der Waals surface area contributed by atoms with Crippen LogP contribution in [0.4, 0.5) is 4.79 Å². The van der Waals surface area contributed by atoms with Crippen LogP contribution in [0.5, 0.6) is 0 Å². The molecular formula is C20H27N5O. The topological polar surface area (TPSA) is 64.3 Å². The van der Waals surface area contributed by atoms with E-state index in [1.807, 2.05) is 11.8 Å². The van der Waals surface area contributed by atoms with E-state index < -0.39 is 0 Å². The van der Waals surface area contributed by atoms with Crippen LogP contribution in [0.25, 0.3) is 0 Å². The van der Waals surface area contributed by atoms with Crippen molar-refractivity contribution < 1.29 is 4.79 Å². The Hall–Kier alpha value is -2.34. The maximum Gasteiger partial charge on any atom is 0.317 e. The summed E-state index contributed by atoms with van der Waals surface area (Å²) >= 11 is 0. The van der Waals surface area contributed by atoms with E-state index in [-0.39, 0.29) is 6.03 Å². The summed E-state index contributed by atoms with van der Waals surface area (Å²) in [7, 11) is 0. The molecular weight excluding hydrogens is 326 g/mol. The summed E-state index contributed by atoms with van der Waals surface area (Å²) in [5.41, 5.74) is 4.02. The second-order valence-electron chi connectivity index (χ2n) is 7.36. The molecule has 138 valence electrons. The highest BCUT2D eigenvalue weighted by Crippen LogP contribution is 2.25. The molecule has 1 aliphatic carbocycles. The van der Waals surface area contributed by atoms with Gasteiger partial charge in [0.15, 0.2) is 0 Å². The summed E-state index contributed by atoms with van der Waals surface area (Å²) < 4.78 is 0. The highest BCUT2D eigenvalue weighted by molar-refractivity contribution is 5.74. The van der Waals surface area contributed by atoms with Gasteiger partial charge >= 0.3 is 6.03 Å². The Balaban J connectivity index is 1.26. The molecule has 0 bridgehead atoms. The smallest absolute Gasteiger partial charge is 0.317 e. The van der Waals surface area contributed by atoms with Gasteiger partial charge in [-0.05, 0) is 37.3 Å². The Morgan fingerprint density at radius 1 is 1.23 bits per heavy atom. The number of nitrogens with zero attached hydrogens (tertiary/aromatic N) is 3. The van der Waals surface area contributed by atoms with Crippen LogP contribution in [-0.4, -0.2) is 58.0 Å². The fourth-order valence-electron chi connectivity index (χ4n) is 4.11. The minimum Gasteiger partial charge on any atom is -0.345 e. The number of fused-ring (bicyclic) bond motifs is 1. The lowest BCUT2D eigenvalue weighted by molar-refractivity contribution is 0.101. The molecule has 2 amide bonds. The number of aromatic nitrogens is 2. The van der Waals surface area contributed by atoms with E-state index in [1.165, 1.54) is 24.0 Å². The number of carbonyl (C=O) groups excluding carboxylic acids is 1. The lowest BCUT2D eigenvalue weighted by atomic mass is 9.87. The van der Waals surface area contributed by atoms with Gasteiger partial charge in [0, 0.05) is 44.1 Å². The molecule has 4 rings (SSSR count). The molecule has 1 aliphatic heterocycles. The van der Waals surface area contributed by atoms with Gasteiger partial charge in [0.25, 0.3) is 0 Å². The third-order valence-corrected chi connectivity index (χ3v) is 5.60. The monoisotopic (exact) mass is 353 g/mol. The Morgan fingerprint density at radius 2 is 2.00 bits per heavy atom. The summed E-state index contributed by atoms with van der Waals surface area (Å²) in [5.74, 6) is 0.801. The zero-order chi connectivity index (χ0) is 17.9. The Morgan fingerprint density at radius 3 is 2.73 bits per heavy atom. The third kappa shape index (κ3) is 3.75. The van der Waals surface area contributed by atoms with Crippen molar-refractivity contribution in [1.29, 1.82) is 0 Å². The van der Waals surface area contributed by atoms with Crippen molar-refractivity contribution in [3.05, 3.63) is 53.1 Å². The SMILES string of the molecule is Cc1cnc(CNC(=O)N2CCN([C@H]3CCc4ccccc4C3)CC2)[nH]1. The molecule has 2 heterocycles. The maximum absolute atomic E-state index is 12.4. The molecule has 1 aromatic carbocycles. The number of aromatic amines is 1. The zero-order valence-electron chi connectivity index (χ0n) is 15.4. The Labute approximate surface area is 154 Å². The molecule has 2 N–H and O–H groups in total. The van der Waals surface area contributed by atoms with E-state index in [1.54, 1.807) is 6.20 Å². The first-order chi connectivity index (χ1) is 12.7. The van der Waals surface area contributed by atoms with E-state index in [4.69, 9.17) is 0 Å². The number of carbonyl (C=O) groups is 1. The molecule has 6 heteroatoms. The molecule has 1 atom stereocenters. The van der Waals surface area contributed by atoms with Crippen LogP contribution >= 0.6 is 0 Å². The summed E-state index contributed by atoms with van der Waals surface area (Å²) in [6, 6.07) is 9.43. The van der Waals surface area contributed by atoms with Gasteiger partial charge in [-0.15, -0.1) is 0 Å². The highest BCUT2D eigenvalue weighted by atomic mass is 16.2. The van der Waals surface area contributed by atoms with Crippen molar-refractivity contribution in [1.82, 2.24) is 25.1 Å². The van der Waals surface area contributed by atoms with Crippen molar-refractivity contribution in [3.63, 3.8) is 0 Å². The molecule has 1 fully saturated rings. The Bertz CT molecular complexity index is 763. The number of piperazine rings is 1. The van der Waals surface area contributed by atoms with Crippen LogP contribution in [0, 0.1) is 6.92 Å². The number of rotatable bonds is 3. The third-order valence-electron chi connectivity index (χ3n) is 5.60. The van der Waals surface area contributed by atoms with Gasteiger partial charge in [-0.2, -0.15) is 0 Å². The molecule has 2 aliphatic rings. The van der Waals surface area contributed by atoms with Gasteiger partial charge in [-0.25, -0.2) is 9.78 Å². The van der Waals surface area contributed by atoms with Gasteiger partial charge in [-0.1, -0.05) is 24.3 Å². The first-order valence-corrected chi connectivity index (χ1v) is 9.53. The molecule has 1 saturated heterocycles. The van der Waals surface area contributed by atoms with Crippen LogP contribution in [0.3, 0.4) is 0 Å². The van der Waals surface area contributed by atoms with Crippen LogP contribution in [0.15, 0.2) is 30.5 Å². The second kappa shape index (κ2) is 7.50. The first-order valence-electron chi connectivity index (χ1n) is 9.53. The van der Waals surface area contributed by atoms with Gasteiger partial charge in [0.2, 0.25) is 0 Å². The fourth-order valence-corrected chi connectivity index (χ4v) is 4.11. The number of imidazole rings is 1. The number of aryl methyl sites for hydroxylation is 2. The summed E-state index contributed by atoms with van der Waals surface area (Å²) in [6.45, 7) is 5.91. The molecule has 0 saturated carbocycles. The van der Waals surface area contributed by atoms with Crippen molar-refractivity contribution in [3.8, 4) is 0 Å². The number of urea groups is 1. The highest BCUT2D eigenvalue weighted by Gasteiger charge is 2.28. The van der Waals surface area contributed by atoms with Gasteiger partial charge in [0.05, 0.1) is 6.54 Å². The lowest BCUT2D eigenvalue weighted by Gasteiger charge is -2.41. The average Bonchev–Trinajstić information content (AvgIpc) is 3.11. The number of hydrogen-bond acceptors (Lipinski definition) is 3. The standard InChI is InChI=1S/C20H27N5O/c1-15-13-21-19(23-15)14-22-20(26)25-10-8-24(9-11-25)18-7-6-16-4-2-3-5-17(16)12-18/h2-5,13,18H,6-12,14H2,1H3,(H,21,23)(H,22,26)/t18-/m0/s1. The molecule has 0 radical (unpaired) electrons. The minimum absolute atomic E-state index is 0.00712. The van der Waals surface area contributed by atoms with E-state index in [0.717, 1.165) is 44.1 Å². The predicted octanol–water partition coefficient (Wildman–Crippen LogP) is 2.10. The largest absolute Gasteiger partial charge is 0.345 e. The second-order valence-corrected chi connectivity index (χ2v) is 7.36. The quantitative estimate of drug-likeness (QED) is 0.888. The molecule has 0 unspecified atom stereocenters. The average molecular weight is 353 g/mol. The number of H-pyrrole nitrogens is 1. The summed E-state index contributed by atoms with van der Waals surface area (Å²) in [4.78, 5) is 24.2. The van der Waals surface area contributed by atoms with Gasteiger partial charge < -0.3 is 15.2 Å². The number of nitrogens with one attached hydrogen (secondary N) is 2. The van der Waals surface area contributed by atoms with E-state index >= 15 is 0 Å². The normalized spacial score (nSPS) is 20.7. The van der Waals surface area contributed by atoms with Crippen molar-refractivity contribution in [2.24, 2.45) is 0 Å². The number of benzene rings is 1. The van der Waals surface area contributed by atoms with Crippen LogP contribution in [-0.2, 0) is 19.4 Å². The van der Waals surface area contributed by atoms with Crippen molar-refractivity contribution in [2.75, 3.05) is 26.2 Å². The summed E-state index contributed by atoms with van der Waals surface area (Å²) in [5, 5.41) is 2.96. The molecule has 6 nitrogen and oxygen atoms in total. The van der Waals surface area contributed by atoms with E-state index in [9.17, 15) is 4.79 Å². The predicted molar refractivity (Wildman–Crippen MR) is 101 cm³/mol. The minimum atomic E-state index is 0.00712. The van der Waals surface area contributed by atoms with Crippen molar-refractivity contribution >= 4 is 6.03 Å². The summed E-state index contributed by atoms with van der Waals surface area (Å²) in [6.07, 6.45) is 5.31. The molecule has 26 heavy (non-hydrogen) atoms. The van der Waals surface area contributed by atoms with Gasteiger partial charge in [0.1, 0.15) is 5.82 Å². The molecule has 2 aromatic rings.